The lowest BCUT2D eigenvalue weighted by molar-refractivity contribution is -0.147. The molecule has 1 aliphatic heterocycles. The second kappa shape index (κ2) is 9.69. The molecule has 3 rings (SSSR count). The average Bonchev–Trinajstić information content (AvgIpc) is 3.05. The number of hydrogen-bond acceptors (Lipinski definition) is 5. The highest BCUT2D eigenvalue weighted by Gasteiger charge is 2.46. The molecule has 1 aliphatic rings. The molecule has 2 aromatic carbocycles. The van der Waals surface area contributed by atoms with Crippen molar-refractivity contribution in [3.63, 3.8) is 0 Å². The van der Waals surface area contributed by atoms with Crippen LogP contribution in [0.5, 0.6) is 0 Å². The Labute approximate surface area is 180 Å². The third-order valence-corrected chi connectivity index (χ3v) is 5.57. The molecule has 8 heteroatoms. The largest absolute Gasteiger partial charge is 0.367 e. The first kappa shape index (κ1) is 22.4. The number of carbonyl (C=O) groups excluding carboxylic acids is 2. The minimum absolute atomic E-state index is 0.0111. The number of halogens is 1. The van der Waals surface area contributed by atoms with Crippen molar-refractivity contribution in [1.29, 1.82) is 5.26 Å². The Morgan fingerprint density at radius 2 is 2.00 bits per heavy atom. The monoisotopic (exact) mass is 424 g/mol. The molecule has 2 atom stereocenters. The third-order valence-electron chi connectivity index (χ3n) is 5.57. The van der Waals surface area contributed by atoms with E-state index in [0.29, 0.717) is 36.3 Å². The molecule has 31 heavy (non-hydrogen) atoms. The number of amides is 2. The van der Waals surface area contributed by atoms with Gasteiger partial charge in [0.05, 0.1) is 12.0 Å². The zero-order chi connectivity index (χ0) is 22.4. The number of nitrogens with two attached hydrogens (primary N) is 1. The summed E-state index contributed by atoms with van der Waals surface area (Å²) in [4.78, 5) is 23.9. The summed E-state index contributed by atoms with van der Waals surface area (Å²) in [6.45, 7) is 1.05. The Morgan fingerprint density at radius 1 is 1.29 bits per heavy atom. The second-order valence-electron chi connectivity index (χ2n) is 7.48. The van der Waals surface area contributed by atoms with Gasteiger partial charge in [0.2, 0.25) is 0 Å². The normalized spacial score (nSPS) is 19.6. The van der Waals surface area contributed by atoms with Crippen LogP contribution in [0.2, 0.25) is 0 Å². The Bertz CT molecular complexity index is 993. The van der Waals surface area contributed by atoms with Crippen molar-refractivity contribution < 1.29 is 18.7 Å². The molecule has 0 spiro atoms. The summed E-state index contributed by atoms with van der Waals surface area (Å²) in [6, 6.07) is 13.6. The van der Waals surface area contributed by atoms with Gasteiger partial charge in [-0.05, 0) is 54.3 Å². The van der Waals surface area contributed by atoms with Gasteiger partial charge < -0.3 is 21.1 Å². The zero-order valence-electron chi connectivity index (χ0n) is 17.3. The van der Waals surface area contributed by atoms with E-state index in [-0.39, 0.29) is 18.9 Å². The van der Waals surface area contributed by atoms with Crippen LogP contribution in [-0.2, 0) is 16.0 Å². The Morgan fingerprint density at radius 3 is 2.61 bits per heavy atom. The van der Waals surface area contributed by atoms with Crippen LogP contribution in [0.25, 0.3) is 11.1 Å². The maximum atomic E-state index is 14.9. The quantitative estimate of drug-likeness (QED) is 0.653. The predicted octanol–water partition coefficient (Wildman–Crippen LogP) is 1.77. The fourth-order valence-corrected chi connectivity index (χ4v) is 3.72. The highest BCUT2D eigenvalue weighted by atomic mass is 19.1. The summed E-state index contributed by atoms with van der Waals surface area (Å²) in [5.41, 5.74) is 6.29. The number of nitrogens with one attached hydrogen (secondary N) is 2. The molecule has 0 bridgehead atoms. The number of hydrogen-bond donors (Lipinski definition) is 3. The van der Waals surface area contributed by atoms with E-state index in [1.54, 1.807) is 43.4 Å². The summed E-state index contributed by atoms with van der Waals surface area (Å²) in [7, 11) is 1.55. The van der Waals surface area contributed by atoms with Crippen molar-refractivity contribution >= 4 is 11.8 Å². The SMILES string of the molecule is CNC(=O)c1ccc(-c2ccc(C[C@@H](C#N)C3(C(N)=O)CNCCCO3)c(F)c2)cc1. The van der Waals surface area contributed by atoms with Gasteiger partial charge in [-0.2, -0.15) is 5.26 Å². The second-order valence-corrected chi connectivity index (χ2v) is 7.48. The Balaban J connectivity index is 1.84. The standard InChI is InChI=1S/C23H25FN4O3/c1-27-21(29)16-5-3-15(4-6-16)17-7-8-18(20(24)12-17)11-19(13-25)23(22(26)30)14-28-9-2-10-31-23/h3-8,12,19,28H,2,9-11,14H2,1H3,(H2,26,30)(H,27,29)/t19-,23?/m0/s1. The van der Waals surface area contributed by atoms with E-state index in [1.807, 2.05) is 0 Å². The number of nitriles is 1. The third kappa shape index (κ3) is 4.74. The molecule has 2 amide bonds. The van der Waals surface area contributed by atoms with Crippen LogP contribution >= 0.6 is 0 Å². The molecule has 0 aromatic heterocycles. The maximum absolute atomic E-state index is 14.9. The first-order valence-electron chi connectivity index (χ1n) is 10.1. The van der Waals surface area contributed by atoms with E-state index < -0.39 is 23.2 Å². The van der Waals surface area contributed by atoms with Crippen LogP contribution in [0.15, 0.2) is 42.5 Å². The summed E-state index contributed by atoms with van der Waals surface area (Å²) in [6.07, 6.45) is 0.678. The van der Waals surface area contributed by atoms with E-state index in [9.17, 15) is 19.2 Å². The number of carbonyl (C=O) groups is 2. The molecule has 1 unspecified atom stereocenters. The number of rotatable bonds is 6. The lowest BCUT2D eigenvalue weighted by Crippen LogP contribution is -2.57. The van der Waals surface area contributed by atoms with Gasteiger partial charge in [-0.15, -0.1) is 0 Å². The van der Waals surface area contributed by atoms with Crippen molar-refractivity contribution in [3.8, 4) is 17.2 Å². The lowest BCUT2D eigenvalue weighted by Gasteiger charge is -2.33. The Hall–Kier alpha value is -3.28. The van der Waals surface area contributed by atoms with Crippen LogP contribution in [0.4, 0.5) is 4.39 Å². The fraction of sp³-hybridized carbons (Fsp3) is 0.348. The highest BCUT2D eigenvalue weighted by Crippen LogP contribution is 2.29. The first-order chi connectivity index (χ1) is 14.9. The van der Waals surface area contributed by atoms with Gasteiger partial charge >= 0.3 is 0 Å². The van der Waals surface area contributed by atoms with Gasteiger partial charge in [-0.3, -0.25) is 9.59 Å². The number of benzene rings is 2. The molecule has 0 aliphatic carbocycles. The number of primary amides is 1. The molecule has 2 aromatic rings. The molecule has 1 heterocycles. The summed E-state index contributed by atoms with van der Waals surface area (Å²) < 4.78 is 20.7. The van der Waals surface area contributed by atoms with Crippen LogP contribution in [0, 0.1) is 23.1 Å². The fourth-order valence-electron chi connectivity index (χ4n) is 3.72. The minimum atomic E-state index is -1.51. The zero-order valence-corrected chi connectivity index (χ0v) is 17.3. The van der Waals surface area contributed by atoms with Crippen molar-refractivity contribution in [1.82, 2.24) is 10.6 Å². The number of ether oxygens (including phenoxy) is 1. The summed E-state index contributed by atoms with van der Waals surface area (Å²) in [5, 5.41) is 15.4. The van der Waals surface area contributed by atoms with Gasteiger partial charge in [0, 0.05) is 25.8 Å². The van der Waals surface area contributed by atoms with Crippen molar-refractivity contribution in [2.24, 2.45) is 11.7 Å². The van der Waals surface area contributed by atoms with Gasteiger partial charge in [-0.1, -0.05) is 24.3 Å². The molecule has 162 valence electrons. The van der Waals surface area contributed by atoms with Gasteiger partial charge in [-0.25, -0.2) is 4.39 Å². The number of nitrogens with zero attached hydrogens (tertiary/aromatic N) is 1. The van der Waals surface area contributed by atoms with E-state index in [1.165, 1.54) is 6.07 Å². The van der Waals surface area contributed by atoms with Crippen LogP contribution in [0.3, 0.4) is 0 Å². The minimum Gasteiger partial charge on any atom is -0.367 e. The molecule has 1 saturated heterocycles. The molecule has 0 radical (unpaired) electrons. The van der Waals surface area contributed by atoms with E-state index in [2.05, 4.69) is 16.7 Å². The van der Waals surface area contributed by atoms with Crippen LogP contribution in [-0.4, -0.2) is 44.2 Å². The van der Waals surface area contributed by atoms with E-state index >= 15 is 0 Å². The Kier molecular flexibility index (Phi) is 7.00. The molecule has 0 saturated carbocycles. The van der Waals surface area contributed by atoms with Gasteiger partial charge in [0.15, 0.2) is 5.60 Å². The molecular weight excluding hydrogens is 399 g/mol. The lowest BCUT2D eigenvalue weighted by atomic mass is 9.82. The highest BCUT2D eigenvalue weighted by molar-refractivity contribution is 5.94. The van der Waals surface area contributed by atoms with E-state index in [4.69, 9.17) is 10.5 Å². The molecular formula is C23H25FN4O3. The molecule has 7 nitrogen and oxygen atoms in total. The smallest absolute Gasteiger partial charge is 0.252 e. The van der Waals surface area contributed by atoms with Crippen molar-refractivity contribution in [2.45, 2.75) is 18.4 Å². The van der Waals surface area contributed by atoms with Gasteiger partial charge in [0.1, 0.15) is 5.82 Å². The first-order valence-corrected chi connectivity index (χ1v) is 10.1. The van der Waals surface area contributed by atoms with Crippen LogP contribution in [0.1, 0.15) is 22.3 Å². The predicted molar refractivity (Wildman–Crippen MR) is 113 cm³/mol. The van der Waals surface area contributed by atoms with Crippen molar-refractivity contribution in [3.05, 3.63) is 59.4 Å². The van der Waals surface area contributed by atoms with Crippen LogP contribution < -0.4 is 16.4 Å². The maximum Gasteiger partial charge on any atom is 0.252 e. The van der Waals surface area contributed by atoms with E-state index in [0.717, 1.165) is 5.56 Å². The molecule has 4 N–H and O–H groups in total. The van der Waals surface area contributed by atoms with Gasteiger partial charge in [0.25, 0.3) is 11.8 Å². The topological polar surface area (TPSA) is 117 Å². The average molecular weight is 424 g/mol. The molecule has 1 fully saturated rings. The summed E-state index contributed by atoms with van der Waals surface area (Å²) >= 11 is 0. The summed E-state index contributed by atoms with van der Waals surface area (Å²) in [5.74, 6) is -2.37. The van der Waals surface area contributed by atoms with Crippen molar-refractivity contribution in [2.75, 3.05) is 26.7 Å².